The van der Waals surface area contributed by atoms with Gasteiger partial charge in [0.2, 0.25) is 0 Å². The van der Waals surface area contributed by atoms with Crippen LogP contribution in [0.25, 0.3) is 6.08 Å². The summed E-state index contributed by atoms with van der Waals surface area (Å²) in [6.45, 7) is 7.85. The van der Waals surface area contributed by atoms with Gasteiger partial charge in [-0.05, 0) is 78.9 Å². The average Bonchev–Trinajstić information content (AvgIpc) is 2.81. The lowest BCUT2D eigenvalue weighted by atomic mass is 10.0. The van der Waals surface area contributed by atoms with Crippen LogP contribution in [0.2, 0.25) is 5.02 Å². The molecule has 36 heavy (non-hydrogen) atoms. The van der Waals surface area contributed by atoms with Gasteiger partial charge in [0.05, 0.1) is 5.69 Å². The quantitative estimate of drug-likeness (QED) is 0.248. The molecule has 1 saturated heterocycles. The molecule has 182 valence electrons. The molecular weight excluding hydrogens is 476 g/mol. The Bertz CT molecular complexity index is 1390. The third kappa shape index (κ3) is 5.39. The van der Waals surface area contributed by atoms with Crippen molar-refractivity contribution in [2.45, 2.75) is 26.9 Å². The van der Waals surface area contributed by atoms with Gasteiger partial charge in [0.15, 0.2) is 0 Å². The van der Waals surface area contributed by atoms with E-state index in [-0.39, 0.29) is 12.2 Å². The van der Waals surface area contributed by atoms with Crippen LogP contribution in [0.15, 0.2) is 78.9 Å². The first-order chi connectivity index (χ1) is 17.3. The average molecular weight is 501 g/mol. The Morgan fingerprint density at radius 2 is 1.69 bits per heavy atom. The van der Waals surface area contributed by atoms with Gasteiger partial charge in [-0.1, -0.05) is 48.0 Å². The van der Waals surface area contributed by atoms with Crippen molar-refractivity contribution in [3.05, 3.63) is 112 Å². The molecule has 7 heteroatoms. The number of nitrogens with one attached hydrogen (secondary N) is 1. The Hall–Kier alpha value is -4.16. The molecule has 1 aliphatic heterocycles. The summed E-state index contributed by atoms with van der Waals surface area (Å²) in [6.07, 6.45) is 3.74. The summed E-state index contributed by atoms with van der Waals surface area (Å²) in [7, 11) is 0. The van der Waals surface area contributed by atoms with Crippen molar-refractivity contribution in [1.29, 1.82) is 0 Å². The lowest BCUT2D eigenvalue weighted by Gasteiger charge is -2.27. The zero-order chi connectivity index (χ0) is 25.8. The monoisotopic (exact) mass is 500 g/mol. The van der Waals surface area contributed by atoms with E-state index in [0.29, 0.717) is 28.4 Å². The van der Waals surface area contributed by atoms with Crippen molar-refractivity contribution in [1.82, 2.24) is 5.32 Å². The number of ether oxygens (including phenoxy) is 1. The molecule has 4 amide bonds. The third-order valence-electron chi connectivity index (χ3n) is 5.67. The Labute approximate surface area is 214 Å². The lowest BCUT2D eigenvalue weighted by Crippen LogP contribution is -2.54. The van der Waals surface area contributed by atoms with Gasteiger partial charge in [-0.2, -0.15) is 0 Å². The molecule has 1 heterocycles. The first-order valence-corrected chi connectivity index (χ1v) is 11.7. The molecule has 0 bridgehead atoms. The summed E-state index contributed by atoms with van der Waals surface area (Å²) < 4.78 is 6.00. The second kappa shape index (κ2) is 10.6. The van der Waals surface area contributed by atoms with Gasteiger partial charge < -0.3 is 4.74 Å². The van der Waals surface area contributed by atoms with E-state index in [9.17, 15) is 14.4 Å². The van der Waals surface area contributed by atoms with E-state index in [1.165, 1.54) is 6.08 Å². The summed E-state index contributed by atoms with van der Waals surface area (Å²) >= 11 is 6.23. The summed E-state index contributed by atoms with van der Waals surface area (Å²) in [5, 5.41) is 2.89. The molecule has 1 N–H and O–H groups in total. The van der Waals surface area contributed by atoms with Crippen LogP contribution in [0, 0.1) is 13.8 Å². The number of rotatable bonds is 7. The Kier molecular flexibility index (Phi) is 7.36. The number of carbonyl (C=O) groups excluding carboxylic acids is 3. The van der Waals surface area contributed by atoms with Crippen LogP contribution in [-0.4, -0.2) is 17.8 Å². The molecule has 0 saturated carbocycles. The number of hydrogen-bond donors (Lipinski definition) is 1. The van der Waals surface area contributed by atoms with E-state index in [0.717, 1.165) is 27.2 Å². The molecule has 1 aliphatic rings. The normalized spacial score (nSPS) is 14.7. The van der Waals surface area contributed by atoms with Crippen molar-refractivity contribution in [3.63, 3.8) is 0 Å². The van der Waals surface area contributed by atoms with Gasteiger partial charge in [-0.25, -0.2) is 9.69 Å². The number of benzene rings is 3. The van der Waals surface area contributed by atoms with E-state index in [2.05, 4.69) is 11.9 Å². The number of carbonyl (C=O) groups is 3. The Balaban J connectivity index is 1.64. The van der Waals surface area contributed by atoms with Crippen LogP contribution in [-0.2, 0) is 22.6 Å². The number of halogens is 1. The van der Waals surface area contributed by atoms with E-state index >= 15 is 0 Å². The van der Waals surface area contributed by atoms with Crippen LogP contribution in [0.4, 0.5) is 10.5 Å². The third-order valence-corrected chi connectivity index (χ3v) is 6.04. The molecule has 4 rings (SSSR count). The molecular formula is C29H25ClN2O4. The SMILES string of the molecule is C=CCc1cc(/C=C2\C(=O)NC(=O)N(c3cc(C)cc(C)c3)C2=O)ccc1OCc1ccccc1Cl. The fourth-order valence-corrected chi connectivity index (χ4v) is 4.24. The number of nitrogens with zero attached hydrogens (tertiary/aromatic N) is 1. The topological polar surface area (TPSA) is 75.7 Å². The molecule has 3 aromatic carbocycles. The van der Waals surface area contributed by atoms with E-state index < -0.39 is 17.8 Å². The molecule has 3 aromatic rings. The van der Waals surface area contributed by atoms with Crippen molar-refractivity contribution in [2.24, 2.45) is 0 Å². The number of urea groups is 1. The number of anilines is 1. The molecule has 0 spiro atoms. The smallest absolute Gasteiger partial charge is 0.335 e. The van der Waals surface area contributed by atoms with Gasteiger partial charge in [0, 0.05) is 10.6 Å². The molecule has 0 unspecified atom stereocenters. The van der Waals surface area contributed by atoms with Gasteiger partial charge in [0.25, 0.3) is 11.8 Å². The Morgan fingerprint density at radius 1 is 0.972 bits per heavy atom. The van der Waals surface area contributed by atoms with Crippen LogP contribution >= 0.6 is 11.6 Å². The number of allylic oxidation sites excluding steroid dienone is 1. The summed E-state index contributed by atoms with van der Waals surface area (Å²) in [6, 6.07) is 17.4. The van der Waals surface area contributed by atoms with E-state index in [1.807, 2.05) is 44.2 Å². The van der Waals surface area contributed by atoms with Crippen LogP contribution in [0.3, 0.4) is 0 Å². The molecule has 0 radical (unpaired) electrons. The first-order valence-electron chi connectivity index (χ1n) is 11.4. The number of imide groups is 2. The molecule has 0 aromatic heterocycles. The highest BCUT2D eigenvalue weighted by atomic mass is 35.5. The fraction of sp³-hybridized carbons (Fsp3) is 0.138. The molecule has 0 aliphatic carbocycles. The zero-order valence-electron chi connectivity index (χ0n) is 20.0. The molecule has 1 fully saturated rings. The summed E-state index contributed by atoms with van der Waals surface area (Å²) in [4.78, 5) is 39.4. The van der Waals surface area contributed by atoms with Crippen LogP contribution < -0.4 is 15.0 Å². The minimum atomic E-state index is -0.775. The number of barbiturate groups is 1. The van der Waals surface area contributed by atoms with Gasteiger partial charge in [-0.3, -0.25) is 14.9 Å². The highest BCUT2D eigenvalue weighted by Crippen LogP contribution is 2.27. The van der Waals surface area contributed by atoms with Crippen molar-refractivity contribution < 1.29 is 19.1 Å². The summed E-state index contributed by atoms with van der Waals surface area (Å²) in [5.41, 5.74) is 4.37. The summed E-state index contributed by atoms with van der Waals surface area (Å²) in [5.74, 6) is -0.781. The lowest BCUT2D eigenvalue weighted by molar-refractivity contribution is -0.122. The maximum Gasteiger partial charge on any atom is 0.335 e. The highest BCUT2D eigenvalue weighted by Gasteiger charge is 2.37. The van der Waals surface area contributed by atoms with Crippen LogP contribution in [0.1, 0.15) is 27.8 Å². The van der Waals surface area contributed by atoms with Crippen molar-refractivity contribution in [2.75, 3.05) is 4.90 Å². The second-order valence-corrected chi connectivity index (χ2v) is 8.95. The van der Waals surface area contributed by atoms with Crippen molar-refractivity contribution >= 4 is 41.2 Å². The number of aryl methyl sites for hydroxylation is 2. The Morgan fingerprint density at radius 3 is 2.39 bits per heavy atom. The van der Waals surface area contributed by atoms with E-state index in [4.69, 9.17) is 16.3 Å². The van der Waals surface area contributed by atoms with Gasteiger partial charge in [-0.15, -0.1) is 6.58 Å². The van der Waals surface area contributed by atoms with Gasteiger partial charge in [0.1, 0.15) is 17.9 Å². The standard InChI is InChI=1S/C29H25ClN2O4/c1-4-7-21-15-20(10-11-26(21)36-17-22-8-5-6-9-25(22)30)16-24-27(33)31-29(35)32(28(24)34)23-13-18(2)12-19(3)14-23/h4-6,8-16H,1,7,17H2,2-3H3,(H,31,33,35)/b24-16+. The minimum Gasteiger partial charge on any atom is -0.489 e. The van der Waals surface area contributed by atoms with Crippen LogP contribution in [0.5, 0.6) is 5.75 Å². The number of amides is 4. The fourth-order valence-electron chi connectivity index (χ4n) is 4.05. The van der Waals surface area contributed by atoms with Gasteiger partial charge >= 0.3 is 6.03 Å². The maximum atomic E-state index is 13.3. The minimum absolute atomic E-state index is 0.136. The molecule has 6 nitrogen and oxygen atoms in total. The first kappa shape index (κ1) is 24.9. The van der Waals surface area contributed by atoms with E-state index in [1.54, 1.807) is 36.4 Å². The predicted molar refractivity (Wildman–Crippen MR) is 141 cm³/mol. The van der Waals surface area contributed by atoms with Crippen molar-refractivity contribution in [3.8, 4) is 5.75 Å². The highest BCUT2D eigenvalue weighted by molar-refractivity contribution is 6.39. The second-order valence-electron chi connectivity index (χ2n) is 8.54. The zero-order valence-corrected chi connectivity index (χ0v) is 20.8. The predicted octanol–water partition coefficient (Wildman–Crippen LogP) is 5.93. The molecule has 0 atom stereocenters. The largest absolute Gasteiger partial charge is 0.489 e. The maximum absolute atomic E-state index is 13.3. The number of hydrogen-bond acceptors (Lipinski definition) is 4.